The molecule has 23 heavy (non-hydrogen) atoms. The lowest BCUT2D eigenvalue weighted by atomic mass is 10.1. The number of carbonyl (C=O) groups excluding carboxylic acids is 1. The number of benzene rings is 1. The smallest absolute Gasteiger partial charge is 0.257 e. The highest BCUT2D eigenvalue weighted by Gasteiger charge is 2.11. The van der Waals surface area contributed by atoms with Crippen LogP contribution in [0.1, 0.15) is 20.8 Å². The van der Waals surface area contributed by atoms with Crippen LogP contribution in [0.15, 0.2) is 48.9 Å². The minimum absolute atomic E-state index is 0.214. The first-order valence-electron chi connectivity index (χ1n) is 6.72. The fourth-order valence-electron chi connectivity index (χ4n) is 1.99. The Kier molecular flexibility index (Phi) is 4.91. The number of amides is 1. The van der Waals surface area contributed by atoms with Gasteiger partial charge in [0.25, 0.3) is 5.91 Å². The molecule has 0 fully saturated rings. The highest BCUT2D eigenvalue weighted by molar-refractivity contribution is 7.15. The Morgan fingerprint density at radius 1 is 1.17 bits per heavy atom. The second kappa shape index (κ2) is 7.08. The van der Waals surface area contributed by atoms with Crippen LogP contribution in [0, 0.1) is 0 Å². The molecule has 0 aliphatic rings. The molecule has 0 spiro atoms. The van der Waals surface area contributed by atoms with Gasteiger partial charge in [-0.2, -0.15) is 0 Å². The van der Waals surface area contributed by atoms with Crippen molar-refractivity contribution in [3.63, 3.8) is 0 Å². The Morgan fingerprint density at radius 3 is 2.74 bits per heavy atom. The maximum absolute atomic E-state index is 12.1. The number of hydrogen-bond acceptors (Lipinski definition) is 4. The van der Waals surface area contributed by atoms with Crippen LogP contribution in [0.3, 0.4) is 0 Å². The second-order valence-electron chi connectivity index (χ2n) is 4.71. The summed E-state index contributed by atoms with van der Waals surface area (Å²) in [7, 11) is 0. The third-order valence-electron chi connectivity index (χ3n) is 3.11. The zero-order valence-corrected chi connectivity index (χ0v) is 14.1. The number of hydrogen-bond donors (Lipinski definition) is 1. The fraction of sp³-hybridized carbons (Fsp3) is 0.0625. The van der Waals surface area contributed by atoms with Crippen LogP contribution < -0.4 is 5.32 Å². The van der Waals surface area contributed by atoms with Crippen molar-refractivity contribution in [2.24, 2.45) is 0 Å². The average Bonchev–Trinajstić information content (AvgIpc) is 3.00. The number of carbonyl (C=O) groups is 1. The number of nitrogens with one attached hydrogen (secondary N) is 1. The number of pyridine rings is 1. The molecule has 0 aliphatic carbocycles. The van der Waals surface area contributed by atoms with Crippen LogP contribution in [0.5, 0.6) is 0 Å². The Bertz CT molecular complexity index is 836. The molecule has 3 rings (SSSR count). The van der Waals surface area contributed by atoms with E-state index < -0.39 is 0 Å². The average molecular weight is 364 g/mol. The van der Waals surface area contributed by atoms with Gasteiger partial charge in [-0.05, 0) is 23.8 Å². The highest BCUT2D eigenvalue weighted by atomic mass is 35.5. The Morgan fingerprint density at radius 2 is 1.96 bits per heavy atom. The molecule has 116 valence electrons. The molecule has 0 saturated carbocycles. The van der Waals surface area contributed by atoms with Gasteiger partial charge >= 0.3 is 0 Å². The lowest BCUT2D eigenvalue weighted by Crippen LogP contribution is -2.11. The van der Waals surface area contributed by atoms with Gasteiger partial charge in [-0.3, -0.25) is 15.1 Å². The lowest BCUT2D eigenvalue weighted by Gasteiger charge is -2.03. The summed E-state index contributed by atoms with van der Waals surface area (Å²) in [6, 6.07) is 8.82. The van der Waals surface area contributed by atoms with Gasteiger partial charge in [0, 0.05) is 35.5 Å². The van der Waals surface area contributed by atoms with E-state index in [4.69, 9.17) is 23.2 Å². The normalized spacial score (nSPS) is 10.5. The molecule has 1 aromatic carbocycles. The van der Waals surface area contributed by atoms with E-state index in [2.05, 4.69) is 15.3 Å². The predicted octanol–water partition coefficient (Wildman–Crippen LogP) is 4.69. The molecule has 3 aromatic rings. The minimum atomic E-state index is -0.214. The van der Waals surface area contributed by atoms with Crippen molar-refractivity contribution in [2.75, 3.05) is 5.32 Å². The standard InChI is InChI=1S/C16H11Cl2N3OS/c17-13-3-1-2-11(14(13)18)8-12-9-20-16(23-12)21-15(22)10-4-6-19-7-5-10/h1-7,9H,8H2,(H,20,21,22). The van der Waals surface area contributed by atoms with Crippen LogP contribution >= 0.6 is 34.5 Å². The van der Waals surface area contributed by atoms with Crippen molar-refractivity contribution >= 4 is 45.6 Å². The van der Waals surface area contributed by atoms with Crippen LogP contribution in [0.25, 0.3) is 0 Å². The maximum Gasteiger partial charge on any atom is 0.257 e. The number of halogens is 2. The Hall–Kier alpha value is -1.95. The molecule has 0 unspecified atom stereocenters. The summed E-state index contributed by atoms with van der Waals surface area (Å²) in [5, 5.41) is 4.39. The summed E-state index contributed by atoms with van der Waals surface area (Å²) in [5.41, 5.74) is 1.46. The van der Waals surface area contributed by atoms with Crippen molar-refractivity contribution in [2.45, 2.75) is 6.42 Å². The molecule has 0 saturated heterocycles. The largest absolute Gasteiger partial charge is 0.298 e. The van der Waals surface area contributed by atoms with E-state index in [0.717, 1.165) is 10.4 Å². The van der Waals surface area contributed by atoms with E-state index in [1.807, 2.05) is 12.1 Å². The molecule has 1 N–H and O–H groups in total. The topological polar surface area (TPSA) is 54.9 Å². The monoisotopic (exact) mass is 363 g/mol. The van der Waals surface area contributed by atoms with Crippen molar-refractivity contribution in [1.82, 2.24) is 9.97 Å². The van der Waals surface area contributed by atoms with Crippen molar-refractivity contribution < 1.29 is 4.79 Å². The van der Waals surface area contributed by atoms with Gasteiger partial charge < -0.3 is 0 Å². The van der Waals surface area contributed by atoms with Crippen LogP contribution in [0.4, 0.5) is 5.13 Å². The molecule has 0 radical (unpaired) electrons. The van der Waals surface area contributed by atoms with Crippen molar-refractivity contribution in [3.8, 4) is 0 Å². The summed E-state index contributed by atoms with van der Waals surface area (Å²) in [4.78, 5) is 21.2. The van der Waals surface area contributed by atoms with Gasteiger partial charge in [-0.25, -0.2) is 4.98 Å². The highest BCUT2D eigenvalue weighted by Crippen LogP contribution is 2.29. The van der Waals surface area contributed by atoms with Crippen molar-refractivity contribution in [3.05, 3.63) is 75.0 Å². The Balaban J connectivity index is 1.71. The second-order valence-corrected chi connectivity index (χ2v) is 6.61. The van der Waals surface area contributed by atoms with Gasteiger partial charge in [0.15, 0.2) is 5.13 Å². The molecule has 0 aliphatic heterocycles. The summed E-state index contributed by atoms with van der Waals surface area (Å²) in [5.74, 6) is -0.214. The molecular formula is C16H11Cl2N3OS. The van der Waals surface area contributed by atoms with Gasteiger partial charge in [0.05, 0.1) is 10.0 Å². The van der Waals surface area contributed by atoms with E-state index in [9.17, 15) is 4.79 Å². The third kappa shape index (κ3) is 3.88. The Labute approximate surface area is 147 Å². The number of thiazole rings is 1. The molecule has 0 bridgehead atoms. The van der Waals surface area contributed by atoms with E-state index in [1.165, 1.54) is 11.3 Å². The molecule has 4 nitrogen and oxygen atoms in total. The van der Waals surface area contributed by atoms with Crippen LogP contribution in [-0.4, -0.2) is 15.9 Å². The first-order valence-corrected chi connectivity index (χ1v) is 8.29. The summed E-state index contributed by atoms with van der Waals surface area (Å²) < 4.78 is 0. The van der Waals surface area contributed by atoms with E-state index in [0.29, 0.717) is 27.2 Å². The molecule has 2 heterocycles. The van der Waals surface area contributed by atoms with E-state index in [-0.39, 0.29) is 5.91 Å². The third-order valence-corrected chi connectivity index (χ3v) is 4.88. The summed E-state index contributed by atoms with van der Waals surface area (Å²) in [6.07, 6.45) is 5.49. The summed E-state index contributed by atoms with van der Waals surface area (Å²) in [6.45, 7) is 0. The quantitative estimate of drug-likeness (QED) is 0.731. The minimum Gasteiger partial charge on any atom is -0.298 e. The number of nitrogens with zero attached hydrogens (tertiary/aromatic N) is 2. The maximum atomic E-state index is 12.1. The molecule has 1 amide bonds. The lowest BCUT2D eigenvalue weighted by molar-refractivity contribution is 0.102. The van der Waals surface area contributed by atoms with Gasteiger partial charge in [-0.1, -0.05) is 35.3 Å². The predicted molar refractivity (Wildman–Crippen MR) is 93.6 cm³/mol. The first kappa shape index (κ1) is 15.9. The van der Waals surface area contributed by atoms with Crippen LogP contribution in [-0.2, 0) is 6.42 Å². The molecule has 0 atom stereocenters. The van der Waals surface area contributed by atoms with E-state index >= 15 is 0 Å². The molecule has 7 heteroatoms. The van der Waals surface area contributed by atoms with Gasteiger partial charge in [0.2, 0.25) is 0 Å². The molecule has 2 aromatic heterocycles. The number of anilines is 1. The zero-order chi connectivity index (χ0) is 16.2. The fourth-order valence-corrected chi connectivity index (χ4v) is 3.21. The summed E-state index contributed by atoms with van der Waals surface area (Å²) >= 11 is 13.6. The SMILES string of the molecule is O=C(Nc1ncc(Cc2cccc(Cl)c2Cl)s1)c1ccncc1. The number of rotatable bonds is 4. The van der Waals surface area contributed by atoms with Crippen molar-refractivity contribution in [1.29, 1.82) is 0 Å². The first-order chi connectivity index (χ1) is 11.1. The zero-order valence-electron chi connectivity index (χ0n) is 11.8. The van der Waals surface area contributed by atoms with E-state index in [1.54, 1.807) is 36.8 Å². The van der Waals surface area contributed by atoms with Gasteiger partial charge in [0.1, 0.15) is 0 Å². The number of aromatic nitrogens is 2. The van der Waals surface area contributed by atoms with Crippen LogP contribution in [0.2, 0.25) is 10.0 Å². The van der Waals surface area contributed by atoms with Gasteiger partial charge in [-0.15, -0.1) is 11.3 Å². The molecular weight excluding hydrogens is 353 g/mol.